The first kappa shape index (κ1) is 27.6. The maximum absolute atomic E-state index is 13.1. The van der Waals surface area contributed by atoms with Gasteiger partial charge in [0.05, 0.1) is 25.2 Å². The molecule has 2 aromatic carbocycles. The topological polar surface area (TPSA) is 114 Å². The molecule has 9 nitrogen and oxygen atoms in total. The number of halogens is 1. The number of carbonyl (C=O) groups is 1. The molecule has 0 radical (unpaired) electrons. The lowest BCUT2D eigenvalue weighted by molar-refractivity contribution is -0.148. The van der Waals surface area contributed by atoms with E-state index in [1.54, 1.807) is 30.3 Å². The predicted molar refractivity (Wildman–Crippen MR) is 130 cm³/mol. The minimum absolute atomic E-state index is 0.00273. The van der Waals surface area contributed by atoms with Crippen LogP contribution in [0.1, 0.15) is 18.9 Å². The van der Waals surface area contributed by atoms with Crippen LogP contribution < -0.4 is 10.1 Å². The van der Waals surface area contributed by atoms with Crippen LogP contribution in [-0.2, 0) is 30.8 Å². The maximum Gasteiger partial charge on any atom is 0.286 e. The van der Waals surface area contributed by atoms with Crippen LogP contribution in [0.15, 0.2) is 65.3 Å². The molecule has 1 aliphatic heterocycles. The van der Waals surface area contributed by atoms with Crippen LogP contribution >= 0.6 is 0 Å². The highest BCUT2D eigenvalue weighted by atomic mass is 32.2. The van der Waals surface area contributed by atoms with Gasteiger partial charge in [-0.3, -0.25) is 4.79 Å². The number of aliphatic hydroxyl groups is 1. The van der Waals surface area contributed by atoms with Gasteiger partial charge in [-0.05, 0) is 54.0 Å². The smallest absolute Gasteiger partial charge is 0.286 e. The Bertz CT molecular complexity index is 1140. The molecule has 1 heterocycles. The fraction of sp³-hybridized carbons (Fsp3) is 0.400. The zero-order valence-electron chi connectivity index (χ0n) is 20.2. The number of allylic oxidation sites excluding steroid dienone is 1. The molecular weight excluding hydrogens is 491 g/mol. The predicted octanol–water partition coefficient (Wildman–Crippen LogP) is 2.42. The SMILES string of the molecule is COc1ccc(S(=O)(=O)N(CCO)CCO[C@@H]2C[C@H](C)C=C(C(=O)NCc3ccc(F)cc3)O2)cc1. The van der Waals surface area contributed by atoms with E-state index in [0.717, 1.165) is 9.87 Å². The van der Waals surface area contributed by atoms with Crippen molar-refractivity contribution >= 4 is 15.9 Å². The molecule has 2 N–H and O–H groups in total. The van der Waals surface area contributed by atoms with Crippen molar-refractivity contribution in [1.29, 1.82) is 0 Å². The van der Waals surface area contributed by atoms with Gasteiger partial charge in [-0.25, -0.2) is 12.8 Å². The number of sulfonamides is 1. The van der Waals surface area contributed by atoms with Gasteiger partial charge >= 0.3 is 0 Å². The molecule has 2 aromatic rings. The third-order valence-electron chi connectivity index (χ3n) is 5.54. The molecule has 0 spiro atoms. The van der Waals surface area contributed by atoms with Crippen LogP contribution in [0, 0.1) is 11.7 Å². The van der Waals surface area contributed by atoms with E-state index < -0.39 is 22.2 Å². The number of carbonyl (C=O) groups excluding carboxylic acids is 1. The molecule has 0 fully saturated rings. The second-order valence-corrected chi connectivity index (χ2v) is 10.2. The minimum atomic E-state index is -3.86. The molecule has 0 saturated carbocycles. The van der Waals surface area contributed by atoms with Gasteiger partial charge in [0.25, 0.3) is 5.91 Å². The molecule has 11 heteroatoms. The van der Waals surface area contributed by atoms with E-state index in [9.17, 15) is 22.7 Å². The second kappa shape index (κ2) is 12.8. The summed E-state index contributed by atoms with van der Waals surface area (Å²) < 4.78 is 56.7. The van der Waals surface area contributed by atoms with Crippen LogP contribution in [0.4, 0.5) is 4.39 Å². The van der Waals surface area contributed by atoms with Crippen molar-refractivity contribution in [2.24, 2.45) is 5.92 Å². The molecule has 36 heavy (non-hydrogen) atoms. The standard InChI is InChI=1S/C25H31FN2O7S/c1-18-15-23(25(30)27-17-19-3-5-20(26)6-4-19)35-24(16-18)34-14-12-28(11-13-29)36(31,32)22-9-7-21(33-2)8-10-22/h3-10,15,18,24,29H,11-14,16-17H2,1-2H3,(H,27,30)/t18-,24+/m1/s1. The maximum atomic E-state index is 13.1. The van der Waals surface area contributed by atoms with Gasteiger partial charge in [0.15, 0.2) is 5.76 Å². The van der Waals surface area contributed by atoms with Crippen LogP contribution in [0.5, 0.6) is 5.75 Å². The average Bonchev–Trinajstić information content (AvgIpc) is 2.87. The average molecular weight is 523 g/mol. The zero-order valence-corrected chi connectivity index (χ0v) is 21.0. The monoisotopic (exact) mass is 522 g/mol. The Morgan fingerprint density at radius 1 is 1.17 bits per heavy atom. The quantitative estimate of drug-likeness (QED) is 0.440. The summed E-state index contributed by atoms with van der Waals surface area (Å²) in [5.41, 5.74) is 0.740. The Morgan fingerprint density at radius 3 is 2.50 bits per heavy atom. The summed E-state index contributed by atoms with van der Waals surface area (Å²) in [6.07, 6.45) is 1.45. The van der Waals surface area contributed by atoms with E-state index in [0.29, 0.717) is 12.2 Å². The van der Waals surface area contributed by atoms with Crippen molar-refractivity contribution in [3.05, 3.63) is 71.7 Å². The Morgan fingerprint density at radius 2 is 1.86 bits per heavy atom. The van der Waals surface area contributed by atoms with E-state index in [1.807, 2.05) is 6.92 Å². The first-order chi connectivity index (χ1) is 17.2. The number of amides is 1. The molecule has 196 valence electrons. The number of aliphatic hydroxyl groups excluding tert-OH is 1. The molecule has 0 bridgehead atoms. The van der Waals surface area contributed by atoms with E-state index in [-0.39, 0.29) is 55.2 Å². The number of nitrogens with one attached hydrogen (secondary N) is 1. The third-order valence-corrected chi connectivity index (χ3v) is 7.45. The highest BCUT2D eigenvalue weighted by molar-refractivity contribution is 7.89. The van der Waals surface area contributed by atoms with Gasteiger partial charge in [-0.2, -0.15) is 4.31 Å². The van der Waals surface area contributed by atoms with Gasteiger partial charge in [0.1, 0.15) is 11.6 Å². The van der Waals surface area contributed by atoms with Crippen molar-refractivity contribution in [3.8, 4) is 5.75 Å². The molecule has 0 unspecified atom stereocenters. The zero-order chi connectivity index (χ0) is 26.1. The normalized spacial score (nSPS) is 17.9. The largest absolute Gasteiger partial charge is 0.497 e. The van der Waals surface area contributed by atoms with Crippen LogP contribution in [0.25, 0.3) is 0 Å². The summed E-state index contributed by atoms with van der Waals surface area (Å²) in [6, 6.07) is 11.8. The Labute approximate surface area is 210 Å². The van der Waals surface area contributed by atoms with Crippen LogP contribution in [0.3, 0.4) is 0 Å². The first-order valence-corrected chi connectivity index (χ1v) is 12.9. The highest BCUT2D eigenvalue weighted by Crippen LogP contribution is 2.24. The summed E-state index contributed by atoms with van der Waals surface area (Å²) in [6.45, 7) is 1.65. The van der Waals surface area contributed by atoms with Crippen LogP contribution in [0.2, 0.25) is 0 Å². The van der Waals surface area contributed by atoms with E-state index in [1.165, 1.54) is 31.4 Å². The molecule has 0 aliphatic carbocycles. The molecule has 1 aliphatic rings. The van der Waals surface area contributed by atoms with Gasteiger partial charge < -0.3 is 24.6 Å². The lowest BCUT2D eigenvalue weighted by Crippen LogP contribution is -2.38. The molecule has 2 atom stereocenters. The number of hydrogen-bond donors (Lipinski definition) is 2. The third kappa shape index (κ3) is 7.50. The van der Waals surface area contributed by atoms with Crippen LogP contribution in [-0.4, -0.2) is 63.4 Å². The Kier molecular flexibility index (Phi) is 9.82. The van der Waals surface area contributed by atoms with Crippen molar-refractivity contribution in [2.45, 2.75) is 31.1 Å². The number of ether oxygens (including phenoxy) is 3. The molecular formula is C25H31FN2O7S. The fourth-order valence-corrected chi connectivity index (χ4v) is 5.02. The number of benzene rings is 2. The number of rotatable bonds is 12. The Hall–Kier alpha value is -2.99. The highest BCUT2D eigenvalue weighted by Gasteiger charge is 2.28. The molecule has 0 aromatic heterocycles. The lowest BCUT2D eigenvalue weighted by atomic mass is 10.0. The summed E-state index contributed by atoms with van der Waals surface area (Å²) >= 11 is 0. The van der Waals surface area contributed by atoms with E-state index in [2.05, 4.69) is 5.32 Å². The molecule has 1 amide bonds. The summed E-state index contributed by atoms with van der Waals surface area (Å²) in [5, 5.41) is 12.1. The molecule has 3 rings (SSSR count). The fourth-order valence-electron chi connectivity index (χ4n) is 3.61. The summed E-state index contributed by atoms with van der Waals surface area (Å²) in [5.74, 6) is -0.152. The van der Waals surface area contributed by atoms with E-state index in [4.69, 9.17) is 14.2 Å². The molecule has 0 saturated heterocycles. The number of methoxy groups -OCH3 is 1. The van der Waals surface area contributed by atoms with Gasteiger partial charge in [0, 0.05) is 26.1 Å². The minimum Gasteiger partial charge on any atom is -0.497 e. The van der Waals surface area contributed by atoms with E-state index >= 15 is 0 Å². The van der Waals surface area contributed by atoms with Crippen molar-refractivity contribution < 1.29 is 36.9 Å². The van der Waals surface area contributed by atoms with Gasteiger partial charge in [0.2, 0.25) is 16.3 Å². The van der Waals surface area contributed by atoms with Crippen molar-refractivity contribution in [1.82, 2.24) is 9.62 Å². The summed E-state index contributed by atoms with van der Waals surface area (Å²) in [4.78, 5) is 12.6. The number of nitrogens with zero attached hydrogens (tertiary/aromatic N) is 1. The van der Waals surface area contributed by atoms with Crippen molar-refractivity contribution in [2.75, 3.05) is 33.4 Å². The first-order valence-electron chi connectivity index (χ1n) is 11.5. The van der Waals surface area contributed by atoms with Gasteiger partial charge in [-0.1, -0.05) is 19.1 Å². The summed E-state index contributed by atoms with van der Waals surface area (Å²) in [7, 11) is -2.38. The lowest BCUT2D eigenvalue weighted by Gasteiger charge is -2.28. The Balaban J connectivity index is 1.55. The van der Waals surface area contributed by atoms with Crippen molar-refractivity contribution in [3.63, 3.8) is 0 Å². The second-order valence-electron chi connectivity index (χ2n) is 8.27. The number of hydrogen-bond acceptors (Lipinski definition) is 7. The van der Waals surface area contributed by atoms with Gasteiger partial charge in [-0.15, -0.1) is 0 Å².